The maximum atomic E-state index is 13.6. The zero-order valence-electron chi connectivity index (χ0n) is 45.2. The molecule has 5 aliphatic rings. The molecule has 18 nitrogen and oxygen atoms in total. The number of hydrogen-bond acceptors (Lipinski definition) is 15. The molecule has 408 valence electrons. The van der Waals surface area contributed by atoms with Crippen molar-refractivity contribution in [3.63, 3.8) is 0 Å². The van der Waals surface area contributed by atoms with Gasteiger partial charge in [-0.3, -0.25) is 9.59 Å². The van der Waals surface area contributed by atoms with E-state index in [9.17, 15) is 48.5 Å². The third kappa shape index (κ3) is 14.6. The monoisotopic (exact) mass is 1150 g/mol. The first-order valence-corrected chi connectivity index (χ1v) is 30.0. The van der Waals surface area contributed by atoms with Gasteiger partial charge in [0.05, 0.1) is 50.2 Å². The number of nitrogens with one attached hydrogen (secondary N) is 1. The van der Waals surface area contributed by atoms with Crippen LogP contribution in [0.25, 0.3) is 0 Å². The number of allylic oxidation sites excluding steroid dienone is 8. The summed E-state index contributed by atoms with van der Waals surface area (Å²) in [5, 5.41) is 11.7. The molecule has 0 saturated heterocycles. The first kappa shape index (κ1) is 63.2. The number of carbonyl (C=O) groups is 2. The van der Waals surface area contributed by atoms with Crippen LogP contribution in [0.15, 0.2) is 118 Å². The molecule has 1 atom stereocenters. The van der Waals surface area contributed by atoms with E-state index in [2.05, 4.69) is 48.0 Å². The summed E-state index contributed by atoms with van der Waals surface area (Å²) in [6.07, 6.45) is 11.6. The normalized spacial score (nSPS) is 19.3. The molecule has 1 unspecified atom stereocenters. The average Bonchev–Trinajstić information content (AvgIpc) is 3.75. The van der Waals surface area contributed by atoms with Crippen LogP contribution in [0.3, 0.4) is 0 Å². The molecule has 3 heterocycles. The van der Waals surface area contributed by atoms with E-state index in [0.717, 1.165) is 57.8 Å². The molecule has 0 radical (unpaired) electrons. The maximum Gasteiger partial charge on any atom is 1.00 e. The summed E-state index contributed by atoms with van der Waals surface area (Å²) < 4.78 is 127. The van der Waals surface area contributed by atoms with Crippen LogP contribution in [0, 0.1) is 12.8 Å². The minimum absolute atomic E-state index is 0. The Labute approximate surface area is 501 Å². The summed E-state index contributed by atoms with van der Waals surface area (Å²) in [7, 11) is -13.7. The van der Waals surface area contributed by atoms with Gasteiger partial charge in [0.2, 0.25) is 5.69 Å². The summed E-state index contributed by atoms with van der Waals surface area (Å²) >= 11 is 0. The van der Waals surface area contributed by atoms with Crippen molar-refractivity contribution in [3.8, 4) is 11.5 Å². The smallest absolute Gasteiger partial charge is 0.748 e. The molecule has 0 spiro atoms. The molecule has 0 saturated carbocycles. The number of fused-ring (bicyclic) bond motifs is 3. The number of carboxylic acids is 1. The van der Waals surface area contributed by atoms with Crippen molar-refractivity contribution in [2.24, 2.45) is 5.92 Å². The van der Waals surface area contributed by atoms with E-state index in [-0.39, 0.29) is 127 Å². The van der Waals surface area contributed by atoms with Crippen molar-refractivity contribution in [1.29, 1.82) is 0 Å². The quantitative estimate of drug-likeness (QED) is 0.0662. The van der Waals surface area contributed by atoms with Crippen LogP contribution in [-0.2, 0) is 50.7 Å². The molecule has 3 aromatic carbocycles. The Morgan fingerprint density at radius 2 is 1.49 bits per heavy atom. The van der Waals surface area contributed by atoms with Crippen LogP contribution < -0.4 is 78.8 Å². The number of anilines is 1. The summed E-state index contributed by atoms with van der Waals surface area (Å²) in [4.78, 5) is 26.0. The molecule has 1 amide bonds. The fourth-order valence-corrected chi connectivity index (χ4v) is 12.5. The summed E-state index contributed by atoms with van der Waals surface area (Å²) in [5.41, 5.74) is 7.57. The van der Waals surface area contributed by atoms with Gasteiger partial charge in [0.15, 0.2) is 17.2 Å². The van der Waals surface area contributed by atoms with Crippen molar-refractivity contribution in [3.05, 3.63) is 135 Å². The SMILES string of the molecule is Cc1ccc2c(c1)C(C)(C)C(/C=C/C1=C3Oc4ccc(C(=O)NCCOCCC(=O)O)cc4OC4=C3C(CC1)CC/C4=C\C=C1\N(CCCCS(=O)(=O)[O-])c3ccc(S(=O)(=O)[O-])cc3C1(C)C)=[N+]2CCCCS(=O)(=O)[O-].[Na+].[Na+]. The first-order chi connectivity index (χ1) is 35.7. The second-order valence-corrected chi connectivity index (χ2v) is 25.3. The van der Waals surface area contributed by atoms with E-state index >= 15 is 0 Å². The van der Waals surface area contributed by atoms with Crippen LogP contribution in [0.2, 0.25) is 0 Å². The number of unbranched alkanes of at least 4 members (excludes halogenated alkanes) is 2. The minimum atomic E-state index is -4.82. The van der Waals surface area contributed by atoms with Crippen molar-refractivity contribution in [1.82, 2.24) is 5.32 Å². The zero-order valence-corrected chi connectivity index (χ0v) is 51.6. The largest absolute Gasteiger partial charge is 1.00 e. The molecule has 0 aromatic heterocycles. The Bertz CT molecular complexity index is 3400. The van der Waals surface area contributed by atoms with Crippen LogP contribution >= 0.6 is 0 Å². The molecule has 2 N–H and O–H groups in total. The molecule has 0 bridgehead atoms. The number of hydrogen-bond donors (Lipinski definition) is 2. The van der Waals surface area contributed by atoms with Gasteiger partial charge in [0.25, 0.3) is 5.91 Å². The van der Waals surface area contributed by atoms with E-state index in [1.54, 1.807) is 24.3 Å². The van der Waals surface area contributed by atoms with Gasteiger partial charge >= 0.3 is 65.1 Å². The van der Waals surface area contributed by atoms with E-state index < -0.39 is 64.6 Å². The van der Waals surface area contributed by atoms with E-state index in [0.29, 0.717) is 60.7 Å². The fraction of sp³-hybridized carbons (Fsp3) is 0.436. The third-order valence-corrected chi connectivity index (χ3v) is 17.2. The Morgan fingerprint density at radius 1 is 0.795 bits per heavy atom. The first-order valence-electron chi connectivity index (χ1n) is 25.4. The summed E-state index contributed by atoms with van der Waals surface area (Å²) in [5.74, 6) is -0.646. The molecule has 23 heteroatoms. The van der Waals surface area contributed by atoms with Crippen molar-refractivity contribution >= 4 is 59.3 Å². The number of carboxylic acid groups (broad SMARTS) is 1. The van der Waals surface area contributed by atoms with Crippen LogP contribution in [0.4, 0.5) is 11.4 Å². The number of amides is 1. The van der Waals surface area contributed by atoms with E-state index in [4.69, 9.17) is 19.3 Å². The van der Waals surface area contributed by atoms with Crippen molar-refractivity contribution < 1.29 is 132 Å². The standard InChI is InChI=1S/C55H65N3O15S3.2Na/c1-35-10-19-43-41(32-35)54(2,3)47(57(43)26-6-8-30-74(62,63)64)22-16-37-13-11-36-12-14-38(52-50(36)51(37)72-45-21-15-39(33-46(45)73-52)53(61)56-25-29-71-28-24-49(59)60)17-23-48-55(4,5)42-34-40(76(68,69)70)18-20-44(42)58(48)27-7-9-31-75(65,66)67;;/h10,15-23,32-34,36H,6-9,11-14,24-31H2,1-5H3,(H4-,56,59,60,61,62,63,64,65,66,67,68,69,70);;/q;2*+1/p-2. The molecule has 3 aliphatic heterocycles. The van der Waals surface area contributed by atoms with Gasteiger partial charge in [0, 0.05) is 76.7 Å². The Morgan fingerprint density at radius 3 is 2.18 bits per heavy atom. The van der Waals surface area contributed by atoms with Crippen LogP contribution in [0.1, 0.15) is 113 Å². The van der Waals surface area contributed by atoms with E-state index in [1.165, 1.54) is 12.1 Å². The molecule has 0 fully saturated rings. The maximum absolute atomic E-state index is 13.6. The topological polar surface area (TPSA) is 272 Å². The number of carbonyl (C=O) groups excluding carboxylic acids is 1. The number of aryl methyl sites for hydroxylation is 1. The minimum Gasteiger partial charge on any atom is -0.748 e. The van der Waals surface area contributed by atoms with Gasteiger partial charge < -0.3 is 43.2 Å². The average molecular weight is 1150 g/mol. The second-order valence-electron chi connectivity index (χ2n) is 20.9. The zero-order chi connectivity index (χ0) is 55.0. The summed E-state index contributed by atoms with van der Waals surface area (Å²) in [6, 6.07) is 15.4. The van der Waals surface area contributed by atoms with Gasteiger partial charge in [0.1, 0.15) is 28.2 Å². The van der Waals surface area contributed by atoms with Crippen LogP contribution in [0.5, 0.6) is 11.5 Å². The Hall–Kier alpha value is -3.94. The molecule has 3 aromatic rings. The van der Waals surface area contributed by atoms with Crippen molar-refractivity contribution in [2.45, 2.75) is 108 Å². The number of rotatable bonds is 21. The number of benzene rings is 3. The number of ether oxygens (including phenoxy) is 3. The van der Waals surface area contributed by atoms with Gasteiger partial charge in [-0.25, -0.2) is 25.3 Å². The molecule has 78 heavy (non-hydrogen) atoms. The van der Waals surface area contributed by atoms with Gasteiger partial charge in [-0.05, 0) is 143 Å². The van der Waals surface area contributed by atoms with E-state index in [1.807, 2.05) is 43.9 Å². The number of nitrogens with zero attached hydrogens (tertiary/aromatic N) is 2. The second kappa shape index (κ2) is 25.5. The molecular weight excluding hydrogens is 1080 g/mol. The number of aliphatic carboxylic acids is 1. The third-order valence-electron chi connectivity index (χ3n) is 14.8. The van der Waals surface area contributed by atoms with Crippen LogP contribution in [-0.4, -0.2) is 111 Å². The molecule has 8 rings (SSSR count). The fourth-order valence-electron chi connectivity index (χ4n) is 10.9. The van der Waals surface area contributed by atoms with Gasteiger partial charge in [-0.1, -0.05) is 31.6 Å². The Balaban J connectivity index is 0.00000492. The summed E-state index contributed by atoms with van der Waals surface area (Å²) in [6.45, 7) is 11.1. The Kier molecular flexibility index (Phi) is 20.6. The van der Waals surface area contributed by atoms with Crippen molar-refractivity contribution in [2.75, 3.05) is 49.3 Å². The predicted octanol–water partition coefficient (Wildman–Crippen LogP) is 1.50. The van der Waals surface area contributed by atoms with Gasteiger partial charge in [-0.2, -0.15) is 4.58 Å². The molecule has 2 aliphatic carbocycles. The van der Waals surface area contributed by atoms with Gasteiger partial charge in [-0.15, -0.1) is 0 Å². The predicted molar refractivity (Wildman–Crippen MR) is 281 cm³/mol. The molecular formula is C55H63N3Na2O15S3.